The maximum atomic E-state index is 12.8. The first-order chi connectivity index (χ1) is 7.45. The molecular weight excluding hydrogens is 215 g/mol. The minimum atomic E-state index is -4.01. The predicted molar refractivity (Wildman–Crippen MR) is 59.3 cm³/mol. The summed E-state index contributed by atoms with van der Waals surface area (Å²) >= 11 is 0. The molecule has 1 N–H and O–H groups in total. The molecule has 0 aromatic heterocycles. The fourth-order valence-electron chi connectivity index (χ4n) is 2.38. The summed E-state index contributed by atoms with van der Waals surface area (Å²) in [6.45, 7) is 4.57. The molecule has 1 aliphatic carbocycles. The lowest BCUT2D eigenvalue weighted by Gasteiger charge is -2.33. The zero-order chi connectivity index (χ0) is 12.2. The van der Waals surface area contributed by atoms with Crippen molar-refractivity contribution in [1.82, 2.24) is 5.32 Å². The Labute approximate surface area is 95.8 Å². The highest BCUT2D eigenvalue weighted by molar-refractivity contribution is 4.82. The molecule has 0 radical (unpaired) electrons. The van der Waals surface area contributed by atoms with Gasteiger partial charge >= 0.3 is 6.18 Å². The van der Waals surface area contributed by atoms with E-state index in [1.807, 2.05) is 13.8 Å². The van der Waals surface area contributed by atoms with Crippen LogP contribution in [0.4, 0.5) is 13.2 Å². The lowest BCUT2D eigenvalue weighted by atomic mass is 9.78. The van der Waals surface area contributed by atoms with Gasteiger partial charge in [0.25, 0.3) is 0 Å². The second-order valence-electron chi connectivity index (χ2n) is 4.91. The summed E-state index contributed by atoms with van der Waals surface area (Å²) < 4.78 is 38.3. The fourth-order valence-corrected chi connectivity index (χ4v) is 2.38. The molecule has 1 saturated carbocycles. The van der Waals surface area contributed by atoms with Gasteiger partial charge in [0.1, 0.15) is 0 Å². The van der Waals surface area contributed by atoms with Crippen LogP contribution in [0.25, 0.3) is 0 Å². The number of hydrogen-bond donors (Lipinski definition) is 1. The Kier molecular flexibility index (Phi) is 5.09. The highest BCUT2D eigenvalue weighted by atomic mass is 19.4. The van der Waals surface area contributed by atoms with E-state index in [0.717, 1.165) is 19.3 Å². The second kappa shape index (κ2) is 5.89. The summed E-state index contributed by atoms with van der Waals surface area (Å²) in [6, 6.07) is 0.316. The van der Waals surface area contributed by atoms with Gasteiger partial charge in [-0.15, -0.1) is 0 Å². The van der Waals surface area contributed by atoms with E-state index in [1.165, 1.54) is 0 Å². The van der Waals surface area contributed by atoms with Crippen molar-refractivity contribution in [1.29, 1.82) is 0 Å². The van der Waals surface area contributed by atoms with Crippen LogP contribution in [0.5, 0.6) is 0 Å². The highest BCUT2D eigenvalue weighted by Crippen LogP contribution is 2.41. The Bertz CT molecular complexity index is 203. The lowest BCUT2D eigenvalue weighted by Crippen LogP contribution is -2.40. The maximum absolute atomic E-state index is 12.8. The van der Waals surface area contributed by atoms with E-state index >= 15 is 0 Å². The second-order valence-corrected chi connectivity index (χ2v) is 4.91. The third kappa shape index (κ3) is 3.96. The van der Waals surface area contributed by atoms with E-state index in [1.54, 1.807) is 0 Å². The average Bonchev–Trinajstić information content (AvgIpc) is 2.25. The van der Waals surface area contributed by atoms with Crippen molar-refractivity contribution in [2.24, 2.45) is 11.8 Å². The Balaban J connectivity index is 2.47. The fraction of sp³-hybridized carbons (Fsp3) is 1.00. The predicted octanol–water partition coefficient (Wildman–Crippen LogP) is 3.74. The van der Waals surface area contributed by atoms with E-state index in [2.05, 4.69) is 5.32 Å². The summed E-state index contributed by atoms with van der Waals surface area (Å²) in [5, 5.41) is 3.20. The van der Waals surface area contributed by atoms with Gasteiger partial charge in [-0.3, -0.25) is 0 Å². The minimum Gasteiger partial charge on any atom is -0.314 e. The van der Waals surface area contributed by atoms with Crippen molar-refractivity contribution >= 4 is 0 Å². The van der Waals surface area contributed by atoms with Crippen molar-refractivity contribution < 1.29 is 13.2 Å². The first-order valence-electron chi connectivity index (χ1n) is 6.25. The molecule has 0 heterocycles. The van der Waals surface area contributed by atoms with E-state index in [-0.39, 0.29) is 5.92 Å². The Hall–Kier alpha value is -0.250. The summed E-state index contributed by atoms with van der Waals surface area (Å²) in [7, 11) is 0. The van der Waals surface area contributed by atoms with Crippen LogP contribution in [-0.2, 0) is 0 Å². The van der Waals surface area contributed by atoms with Gasteiger partial charge < -0.3 is 5.32 Å². The number of halogens is 3. The topological polar surface area (TPSA) is 12.0 Å². The Morgan fingerprint density at radius 2 is 1.88 bits per heavy atom. The van der Waals surface area contributed by atoms with E-state index in [9.17, 15) is 13.2 Å². The van der Waals surface area contributed by atoms with Crippen molar-refractivity contribution in [2.75, 3.05) is 6.54 Å². The first-order valence-corrected chi connectivity index (χ1v) is 6.25. The van der Waals surface area contributed by atoms with Crippen LogP contribution in [0.1, 0.15) is 46.0 Å². The van der Waals surface area contributed by atoms with E-state index in [0.29, 0.717) is 25.4 Å². The molecule has 1 aliphatic rings. The van der Waals surface area contributed by atoms with Gasteiger partial charge in [-0.05, 0) is 38.6 Å². The molecule has 0 aromatic rings. The van der Waals surface area contributed by atoms with Crippen LogP contribution >= 0.6 is 0 Å². The zero-order valence-electron chi connectivity index (χ0n) is 10.1. The summed E-state index contributed by atoms with van der Waals surface area (Å²) in [4.78, 5) is 0. The number of hydrogen-bond acceptors (Lipinski definition) is 1. The van der Waals surface area contributed by atoms with Crippen molar-refractivity contribution in [2.45, 2.75) is 58.2 Å². The molecule has 0 saturated heterocycles. The first kappa shape index (κ1) is 13.8. The lowest BCUT2D eigenvalue weighted by molar-refractivity contribution is -0.195. The van der Waals surface area contributed by atoms with Crippen LogP contribution in [0, 0.1) is 11.8 Å². The minimum absolute atomic E-state index is 0.220. The average molecular weight is 237 g/mol. The molecule has 4 heteroatoms. The molecule has 0 bridgehead atoms. The molecule has 3 unspecified atom stereocenters. The molecule has 0 aliphatic heterocycles. The summed E-state index contributed by atoms with van der Waals surface area (Å²) in [6.07, 6.45) is -0.348. The SMILES string of the molecule is CCC(C)NCC1CCCCC1C(F)(F)F. The van der Waals surface area contributed by atoms with Crippen LogP contribution < -0.4 is 5.32 Å². The molecule has 3 atom stereocenters. The molecule has 0 spiro atoms. The van der Waals surface area contributed by atoms with Crippen molar-refractivity contribution in [3.63, 3.8) is 0 Å². The Morgan fingerprint density at radius 1 is 1.25 bits per heavy atom. The third-order valence-corrected chi connectivity index (χ3v) is 3.67. The summed E-state index contributed by atoms with van der Waals surface area (Å²) in [5.74, 6) is -1.31. The van der Waals surface area contributed by atoms with Crippen LogP contribution in [-0.4, -0.2) is 18.8 Å². The smallest absolute Gasteiger partial charge is 0.314 e. The van der Waals surface area contributed by atoms with E-state index < -0.39 is 12.1 Å². The van der Waals surface area contributed by atoms with Gasteiger partial charge in [-0.25, -0.2) is 0 Å². The van der Waals surface area contributed by atoms with Crippen LogP contribution in [0.3, 0.4) is 0 Å². The molecule has 1 rings (SSSR count). The van der Waals surface area contributed by atoms with E-state index in [4.69, 9.17) is 0 Å². The molecule has 1 nitrogen and oxygen atoms in total. The largest absolute Gasteiger partial charge is 0.392 e. The Morgan fingerprint density at radius 3 is 2.44 bits per heavy atom. The van der Waals surface area contributed by atoms with Gasteiger partial charge in [0.15, 0.2) is 0 Å². The van der Waals surface area contributed by atoms with Crippen LogP contribution in [0.15, 0.2) is 0 Å². The van der Waals surface area contributed by atoms with Gasteiger partial charge in [-0.2, -0.15) is 13.2 Å². The number of rotatable bonds is 4. The summed E-state index contributed by atoms with van der Waals surface area (Å²) in [5.41, 5.74) is 0. The molecule has 96 valence electrons. The van der Waals surface area contributed by atoms with Crippen molar-refractivity contribution in [3.05, 3.63) is 0 Å². The standard InChI is InChI=1S/C12H22F3N/c1-3-9(2)16-8-10-6-4-5-7-11(10)12(13,14)15/h9-11,16H,3-8H2,1-2H3. The normalized spacial score (nSPS) is 29.1. The third-order valence-electron chi connectivity index (χ3n) is 3.67. The molecule has 0 amide bonds. The number of nitrogens with one attached hydrogen (secondary N) is 1. The molecule has 0 aromatic carbocycles. The molecule has 16 heavy (non-hydrogen) atoms. The van der Waals surface area contributed by atoms with Crippen molar-refractivity contribution in [3.8, 4) is 0 Å². The monoisotopic (exact) mass is 237 g/mol. The van der Waals surface area contributed by atoms with Crippen LogP contribution in [0.2, 0.25) is 0 Å². The zero-order valence-corrected chi connectivity index (χ0v) is 10.1. The van der Waals surface area contributed by atoms with Gasteiger partial charge in [-0.1, -0.05) is 19.8 Å². The quantitative estimate of drug-likeness (QED) is 0.785. The molecular formula is C12H22F3N. The van der Waals surface area contributed by atoms with Gasteiger partial charge in [0.2, 0.25) is 0 Å². The highest BCUT2D eigenvalue weighted by Gasteiger charge is 2.45. The molecule has 1 fully saturated rings. The number of alkyl halides is 3. The van der Waals surface area contributed by atoms with Gasteiger partial charge in [0, 0.05) is 6.04 Å². The maximum Gasteiger partial charge on any atom is 0.392 e. The van der Waals surface area contributed by atoms with Gasteiger partial charge in [0.05, 0.1) is 5.92 Å².